The van der Waals surface area contributed by atoms with Gasteiger partial charge in [0.25, 0.3) is 0 Å². The van der Waals surface area contributed by atoms with E-state index in [0.29, 0.717) is 0 Å². The van der Waals surface area contributed by atoms with Crippen LogP contribution in [0.1, 0.15) is 44.9 Å². The number of anilines is 1. The first-order valence-electron chi connectivity index (χ1n) is 7.84. The Morgan fingerprint density at radius 3 is 2.55 bits per heavy atom. The third kappa shape index (κ3) is 3.33. The van der Waals surface area contributed by atoms with Crippen LogP contribution in [-0.2, 0) is 4.74 Å². The molecule has 1 aromatic rings. The predicted molar refractivity (Wildman–Crippen MR) is 79.6 cm³/mol. The molecule has 0 saturated heterocycles. The van der Waals surface area contributed by atoms with Crippen molar-refractivity contribution >= 4 is 11.8 Å². The van der Waals surface area contributed by atoms with Crippen LogP contribution in [0.15, 0.2) is 30.3 Å². The number of nitrogens with one attached hydrogen (secondary N) is 1. The fourth-order valence-electron chi connectivity index (χ4n) is 3.76. The summed E-state index contributed by atoms with van der Waals surface area (Å²) in [6.45, 7) is 0. The van der Waals surface area contributed by atoms with Gasteiger partial charge in [0.1, 0.15) is 6.10 Å². The van der Waals surface area contributed by atoms with Crippen LogP contribution in [0.25, 0.3) is 0 Å². The summed E-state index contributed by atoms with van der Waals surface area (Å²) in [4.78, 5) is 11.9. The lowest BCUT2D eigenvalue weighted by molar-refractivity contribution is 0.0339. The number of benzene rings is 1. The van der Waals surface area contributed by atoms with Crippen LogP contribution in [0, 0.1) is 11.8 Å². The normalized spacial score (nSPS) is 29.3. The zero-order chi connectivity index (χ0) is 13.8. The minimum absolute atomic E-state index is 0.109. The van der Waals surface area contributed by atoms with Crippen molar-refractivity contribution in [2.75, 3.05) is 5.32 Å². The van der Waals surface area contributed by atoms with E-state index < -0.39 is 0 Å². The van der Waals surface area contributed by atoms with E-state index in [1.54, 1.807) is 0 Å². The Bertz CT molecular complexity index is 446. The van der Waals surface area contributed by atoms with Crippen molar-refractivity contribution in [1.29, 1.82) is 0 Å². The van der Waals surface area contributed by atoms with Gasteiger partial charge in [-0.3, -0.25) is 5.32 Å². The standard InChI is InChI=1S/C17H23NO2/c19-17(18-15-8-2-1-3-9-15)20-16-11-10-13-6-4-5-7-14(13)12-16/h1-3,8-9,13-14,16H,4-7,10-12H2,(H,18,19)/t13-,14-,16+/m1/s1. The minimum Gasteiger partial charge on any atom is -0.446 e. The number of fused-ring (bicyclic) bond motifs is 1. The number of para-hydroxylation sites is 1. The summed E-state index contributed by atoms with van der Waals surface area (Å²) >= 11 is 0. The van der Waals surface area contributed by atoms with E-state index in [1.165, 1.54) is 32.1 Å². The number of hydrogen-bond donors (Lipinski definition) is 1. The summed E-state index contributed by atoms with van der Waals surface area (Å²) < 4.78 is 5.59. The van der Waals surface area contributed by atoms with Gasteiger partial charge in [-0.25, -0.2) is 4.79 Å². The molecule has 3 rings (SSSR count). The lowest BCUT2D eigenvalue weighted by atomic mass is 9.70. The zero-order valence-electron chi connectivity index (χ0n) is 11.9. The highest BCUT2D eigenvalue weighted by Gasteiger charge is 2.33. The number of carbonyl (C=O) groups is 1. The van der Waals surface area contributed by atoms with Crippen molar-refractivity contribution in [3.05, 3.63) is 30.3 Å². The third-order valence-electron chi connectivity index (χ3n) is 4.79. The molecule has 0 unspecified atom stereocenters. The minimum atomic E-state index is -0.310. The quantitative estimate of drug-likeness (QED) is 0.855. The topological polar surface area (TPSA) is 38.3 Å². The maximum Gasteiger partial charge on any atom is 0.411 e. The number of amides is 1. The second-order valence-electron chi connectivity index (χ2n) is 6.14. The maximum absolute atomic E-state index is 11.9. The van der Waals surface area contributed by atoms with Gasteiger partial charge in [-0.1, -0.05) is 43.9 Å². The van der Waals surface area contributed by atoms with Gasteiger partial charge in [0.05, 0.1) is 0 Å². The van der Waals surface area contributed by atoms with Crippen LogP contribution in [0.3, 0.4) is 0 Å². The average Bonchev–Trinajstić information content (AvgIpc) is 2.48. The Kier molecular flexibility index (Phi) is 4.24. The Morgan fingerprint density at radius 2 is 1.75 bits per heavy atom. The van der Waals surface area contributed by atoms with Gasteiger partial charge in [-0.15, -0.1) is 0 Å². The summed E-state index contributed by atoms with van der Waals surface area (Å²) in [6.07, 6.45) is 8.57. The highest BCUT2D eigenvalue weighted by Crippen LogP contribution is 2.41. The molecule has 3 atom stereocenters. The molecule has 1 amide bonds. The average molecular weight is 273 g/mol. The second-order valence-corrected chi connectivity index (χ2v) is 6.14. The number of hydrogen-bond acceptors (Lipinski definition) is 2. The van der Waals surface area contributed by atoms with E-state index in [0.717, 1.165) is 30.4 Å². The lowest BCUT2D eigenvalue weighted by Gasteiger charge is -2.38. The van der Waals surface area contributed by atoms with E-state index in [-0.39, 0.29) is 12.2 Å². The summed E-state index contributed by atoms with van der Waals surface area (Å²) in [5.41, 5.74) is 0.795. The molecule has 1 N–H and O–H groups in total. The molecule has 20 heavy (non-hydrogen) atoms. The molecule has 3 nitrogen and oxygen atoms in total. The van der Waals surface area contributed by atoms with Gasteiger partial charge in [-0.2, -0.15) is 0 Å². The highest BCUT2D eigenvalue weighted by molar-refractivity contribution is 5.84. The first kappa shape index (κ1) is 13.5. The molecule has 2 fully saturated rings. The largest absolute Gasteiger partial charge is 0.446 e. The fourth-order valence-corrected chi connectivity index (χ4v) is 3.76. The van der Waals surface area contributed by atoms with Crippen molar-refractivity contribution in [2.24, 2.45) is 11.8 Å². The van der Waals surface area contributed by atoms with E-state index in [4.69, 9.17) is 4.74 Å². The first-order chi connectivity index (χ1) is 9.81. The molecular weight excluding hydrogens is 250 g/mol. The molecule has 0 heterocycles. The predicted octanol–water partition coefficient (Wildman–Crippen LogP) is 4.59. The Hall–Kier alpha value is -1.51. The molecule has 0 aliphatic heterocycles. The van der Waals surface area contributed by atoms with Gasteiger partial charge >= 0.3 is 6.09 Å². The van der Waals surface area contributed by atoms with Gasteiger partial charge in [0.2, 0.25) is 0 Å². The van der Waals surface area contributed by atoms with Crippen molar-refractivity contribution in [3.8, 4) is 0 Å². The van der Waals surface area contributed by atoms with E-state index in [1.807, 2.05) is 30.3 Å². The SMILES string of the molecule is O=C(Nc1ccccc1)O[C@H]1CC[C@H]2CCCC[C@@H]2C1. The summed E-state index contributed by atoms with van der Waals surface area (Å²) in [5.74, 6) is 1.67. The Labute approximate surface area is 120 Å². The molecule has 0 spiro atoms. The van der Waals surface area contributed by atoms with Crippen LogP contribution >= 0.6 is 0 Å². The van der Waals surface area contributed by atoms with Crippen LogP contribution in [0.5, 0.6) is 0 Å². The second kappa shape index (κ2) is 6.29. The van der Waals surface area contributed by atoms with Crippen molar-refractivity contribution in [1.82, 2.24) is 0 Å². The molecule has 2 saturated carbocycles. The molecule has 0 aromatic heterocycles. The smallest absolute Gasteiger partial charge is 0.411 e. The van der Waals surface area contributed by atoms with E-state index in [9.17, 15) is 4.79 Å². The maximum atomic E-state index is 11.9. The van der Waals surface area contributed by atoms with Gasteiger partial charge in [-0.05, 0) is 43.2 Å². The molecule has 0 bridgehead atoms. The van der Waals surface area contributed by atoms with Crippen molar-refractivity contribution in [2.45, 2.75) is 51.0 Å². The molecule has 2 aliphatic rings. The van der Waals surface area contributed by atoms with Crippen LogP contribution in [0.2, 0.25) is 0 Å². The van der Waals surface area contributed by atoms with Crippen LogP contribution in [-0.4, -0.2) is 12.2 Å². The Balaban J connectivity index is 1.49. The molecule has 3 heteroatoms. The van der Waals surface area contributed by atoms with Crippen LogP contribution < -0.4 is 5.32 Å². The summed E-state index contributed by atoms with van der Waals surface area (Å²) in [5, 5.41) is 2.80. The summed E-state index contributed by atoms with van der Waals surface area (Å²) in [7, 11) is 0. The highest BCUT2D eigenvalue weighted by atomic mass is 16.6. The number of ether oxygens (including phenoxy) is 1. The summed E-state index contributed by atoms with van der Waals surface area (Å²) in [6, 6.07) is 9.49. The van der Waals surface area contributed by atoms with E-state index >= 15 is 0 Å². The van der Waals surface area contributed by atoms with E-state index in [2.05, 4.69) is 5.32 Å². The fraction of sp³-hybridized carbons (Fsp3) is 0.588. The molecule has 108 valence electrons. The molecule has 1 aromatic carbocycles. The molecule has 0 radical (unpaired) electrons. The van der Waals surface area contributed by atoms with Crippen molar-refractivity contribution in [3.63, 3.8) is 0 Å². The number of rotatable bonds is 2. The van der Waals surface area contributed by atoms with Crippen molar-refractivity contribution < 1.29 is 9.53 Å². The lowest BCUT2D eigenvalue weighted by Crippen LogP contribution is -2.33. The van der Waals surface area contributed by atoms with Gasteiger partial charge in [0, 0.05) is 5.69 Å². The molecular formula is C17H23NO2. The number of carbonyl (C=O) groups excluding carboxylic acids is 1. The first-order valence-corrected chi connectivity index (χ1v) is 7.84. The molecule has 2 aliphatic carbocycles. The third-order valence-corrected chi connectivity index (χ3v) is 4.79. The van der Waals surface area contributed by atoms with Gasteiger partial charge in [0.15, 0.2) is 0 Å². The Morgan fingerprint density at radius 1 is 1.00 bits per heavy atom. The monoisotopic (exact) mass is 273 g/mol. The van der Waals surface area contributed by atoms with Crippen LogP contribution in [0.4, 0.5) is 10.5 Å². The van der Waals surface area contributed by atoms with Gasteiger partial charge < -0.3 is 4.74 Å². The zero-order valence-corrected chi connectivity index (χ0v) is 11.9.